The summed E-state index contributed by atoms with van der Waals surface area (Å²) in [4.78, 5) is 20.4. The molecule has 3 heterocycles. The highest BCUT2D eigenvalue weighted by molar-refractivity contribution is 9.10. The first-order valence-electron chi connectivity index (χ1n) is 8.41. The molecule has 0 aliphatic carbocycles. The lowest BCUT2D eigenvalue weighted by Crippen LogP contribution is -2.01. The van der Waals surface area contributed by atoms with Gasteiger partial charge in [-0.05, 0) is 36.4 Å². The van der Waals surface area contributed by atoms with Crippen LogP contribution >= 0.6 is 15.9 Å². The molecular weight excluding hydrogens is 427 g/mol. The number of H-pyrrole nitrogens is 1. The molecule has 138 valence electrons. The predicted octanol–water partition coefficient (Wildman–Crippen LogP) is 4.84. The first kappa shape index (κ1) is 16.9. The average molecular weight is 439 g/mol. The third-order valence-corrected chi connectivity index (χ3v) is 5.19. The number of aromatic amines is 1. The molecule has 28 heavy (non-hydrogen) atoms. The van der Waals surface area contributed by atoms with E-state index in [9.17, 15) is 9.18 Å². The fourth-order valence-electron chi connectivity index (χ4n) is 3.36. The minimum Gasteiger partial charge on any atom is -0.360 e. The Morgan fingerprint density at radius 3 is 2.93 bits per heavy atom. The van der Waals surface area contributed by atoms with Gasteiger partial charge in [0, 0.05) is 51.3 Å². The molecule has 5 rings (SSSR count). The number of rotatable bonds is 3. The quantitative estimate of drug-likeness (QED) is 0.408. The molecule has 0 spiro atoms. The normalized spacial score (nSPS) is 11.5. The minimum atomic E-state index is -0.448. The second-order valence-electron chi connectivity index (χ2n) is 6.46. The molecule has 8 heteroatoms. The van der Waals surface area contributed by atoms with E-state index in [0.29, 0.717) is 16.8 Å². The van der Waals surface area contributed by atoms with Crippen LogP contribution in [0.25, 0.3) is 33.2 Å². The highest BCUT2D eigenvalue weighted by Gasteiger charge is 2.23. The van der Waals surface area contributed by atoms with Gasteiger partial charge in [0.2, 0.25) is 5.82 Å². The Kier molecular flexibility index (Phi) is 3.70. The van der Waals surface area contributed by atoms with E-state index in [0.717, 1.165) is 26.5 Å². The zero-order valence-corrected chi connectivity index (χ0v) is 16.1. The number of benzene rings is 2. The van der Waals surface area contributed by atoms with Crippen LogP contribution in [0.1, 0.15) is 16.2 Å². The topological polar surface area (TPSA) is 76.7 Å². The van der Waals surface area contributed by atoms with E-state index in [1.165, 1.54) is 12.1 Å². The Balaban J connectivity index is 1.59. The Hall–Kier alpha value is -3.26. The Labute approximate surface area is 166 Å². The minimum absolute atomic E-state index is 0.142. The molecule has 0 unspecified atom stereocenters. The molecule has 0 atom stereocenters. The molecule has 1 N–H and O–H groups in total. The molecule has 3 aromatic heterocycles. The third kappa shape index (κ3) is 2.56. The summed E-state index contributed by atoms with van der Waals surface area (Å²) >= 11 is 3.45. The largest absolute Gasteiger partial charge is 0.360 e. The van der Waals surface area contributed by atoms with E-state index in [1.807, 2.05) is 18.2 Å². The van der Waals surface area contributed by atoms with Crippen LogP contribution in [-0.4, -0.2) is 25.5 Å². The summed E-state index contributed by atoms with van der Waals surface area (Å²) in [6.07, 6.45) is 3.41. The fraction of sp³-hybridized carbons (Fsp3) is 0.0500. The molecule has 0 amide bonds. The van der Waals surface area contributed by atoms with Crippen LogP contribution in [0.3, 0.4) is 0 Å². The summed E-state index contributed by atoms with van der Waals surface area (Å²) in [6, 6.07) is 10.1. The van der Waals surface area contributed by atoms with Crippen LogP contribution in [0.15, 0.2) is 57.8 Å². The van der Waals surface area contributed by atoms with Crippen LogP contribution < -0.4 is 0 Å². The van der Waals surface area contributed by atoms with E-state index in [4.69, 9.17) is 4.52 Å². The maximum Gasteiger partial charge on any atom is 0.299 e. The molecule has 6 nitrogen and oxygen atoms in total. The Morgan fingerprint density at radius 2 is 2.07 bits per heavy atom. The number of nitrogens with one attached hydrogen (secondary N) is 1. The number of carbonyl (C=O) groups is 1. The maximum absolute atomic E-state index is 13.7. The molecular formula is C20H12BrFN4O2. The van der Waals surface area contributed by atoms with Gasteiger partial charge >= 0.3 is 0 Å². The number of fused-ring (bicyclic) bond motifs is 2. The summed E-state index contributed by atoms with van der Waals surface area (Å²) in [7, 11) is 1.79. The van der Waals surface area contributed by atoms with Gasteiger partial charge in [0.05, 0.1) is 5.56 Å². The molecule has 0 fully saturated rings. The van der Waals surface area contributed by atoms with Crippen molar-refractivity contribution >= 4 is 43.5 Å². The van der Waals surface area contributed by atoms with Gasteiger partial charge in [-0.15, -0.1) is 0 Å². The van der Waals surface area contributed by atoms with Crippen molar-refractivity contribution in [2.75, 3.05) is 0 Å². The van der Waals surface area contributed by atoms with Crippen molar-refractivity contribution < 1.29 is 13.7 Å². The van der Waals surface area contributed by atoms with E-state index >= 15 is 0 Å². The second-order valence-corrected chi connectivity index (χ2v) is 7.38. The van der Waals surface area contributed by atoms with E-state index < -0.39 is 11.6 Å². The molecule has 0 saturated carbocycles. The first-order chi connectivity index (χ1) is 13.5. The van der Waals surface area contributed by atoms with Crippen LogP contribution in [0, 0.1) is 5.82 Å². The number of hydrogen-bond donors (Lipinski definition) is 1. The van der Waals surface area contributed by atoms with Crippen molar-refractivity contribution in [2.24, 2.45) is 7.05 Å². The van der Waals surface area contributed by atoms with Gasteiger partial charge in [0.1, 0.15) is 5.82 Å². The lowest BCUT2D eigenvalue weighted by molar-refractivity contribution is 0.0995. The number of carbonyl (C=O) groups excluding carboxylic acids is 1. The third-order valence-electron chi connectivity index (χ3n) is 4.70. The smallest absolute Gasteiger partial charge is 0.299 e. The van der Waals surface area contributed by atoms with Crippen molar-refractivity contribution in [1.82, 2.24) is 19.7 Å². The van der Waals surface area contributed by atoms with Gasteiger partial charge < -0.3 is 14.1 Å². The van der Waals surface area contributed by atoms with Gasteiger partial charge in [-0.3, -0.25) is 4.79 Å². The Bertz CT molecular complexity index is 1380. The highest BCUT2D eigenvalue weighted by Crippen LogP contribution is 2.30. The van der Waals surface area contributed by atoms with Crippen LogP contribution in [0.4, 0.5) is 4.39 Å². The fourth-order valence-corrected chi connectivity index (χ4v) is 3.72. The summed E-state index contributed by atoms with van der Waals surface area (Å²) < 4.78 is 21.6. The maximum atomic E-state index is 13.7. The van der Waals surface area contributed by atoms with Crippen LogP contribution in [0.5, 0.6) is 0 Å². The lowest BCUT2D eigenvalue weighted by Gasteiger charge is -1.95. The van der Waals surface area contributed by atoms with Crippen LogP contribution in [0.2, 0.25) is 0 Å². The van der Waals surface area contributed by atoms with Crippen LogP contribution in [-0.2, 0) is 7.05 Å². The van der Waals surface area contributed by atoms with Gasteiger partial charge in [-0.25, -0.2) is 4.39 Å². The molecule has 0 radical (unpaired) electrons. The molecule has 2 aromatic carbocycles. The number of halogens is 2. The summed E-state index contributed by atoms with van der Waals surface area (Å²) in [5.41, 5.74) is 2.70. The summed E-state index contributed by atoms with van der Waals surface area (Å²) in [6.45, 7) is 0. The number of hydrogen-bond acceptors (Lipinski definition) is 4. The average Bonchev–Trinajstić information content (AvgIpc) is 3.38. The van der Waals surface area contributed by atoms with Crippen molar-refractivity contribution in [1.29, 1.82) is 0 Å². The van der Waals surface area contributed by atoms with Gasteiger partial charge in [0.15, 0.2) is 0 Å². The molecule has 0 saturated heterocycles. The van der Waals surface area contributed by atoms with E-state index in [1.54, 1.807) is 30.1 Å². The SMILES string of the molecule is Cn1cc(C(=O)c2nc(-c3c[nH]c4ccc(Br)cc34)no2)c2cc(F)ccc21. The zero-order valence-electron chi connectivity index (χ0n) is 14.5. The van der Waals surface area contributed by atoms with E-state index in [2.05, 4.69) is 31.1 Å². The monoisotopic (exact) mass is 438 g/mol. The second kappa shape index (κ2) is 6.13. The standard InChI is InChI=1S/C20H12BrFN4O2/c1-26-9-15(13-7-11(22)3-5-17(13)26)18(27)20-24-19(25-28-20)14-8-23-16-4-2-10(21)6-12(14)16/h2-9,23H,1H3. The van der Waals surface area contributed by atoms with Crippen molar-refractivity contribution in [3.63, 3.8) is 0 Å². The predicted molar refractivity (Wildman–Crippen MR) is 106 cm³/mol. The number of ketones is 1. The lowest BCUT2D eigenvalue weighted by atomic mass is 10.1. The number of nitrogens with zero attached hydrogens (tertiary/aromatic N) is 3. The van der Waals surface area contributed by atoms with Gasteiger partial charge in [-0.1, -0.05) is 21.1 Å². The molecule has 0 bridgehead atoms. The van der Waals surface area contributed by atoms with Crippen molar-refractivity contribution in [3.05, 3.63) is 70.5 Å². The van der Waals surface area contributed by atoms with Gasteiger partial charge in [0.25, 0.3) is 11.7 Å². The summed E-state index contributed by atoms with van der Waals surface area (Å²) in [5, 5.41) is 5.37. The van der Waals surface area contributed by atoms with E-state index in [-0.39, 0.29) is 5.89 Å². The van der Waals surface area contributed by atoms with Crippen molar-refractivity contribution in [2.45, 2.75) is 0 Å². The molecule has 0 aliphatic heterocycles. The first-order valence-corrected chi connectivity index (χ1v) is 9.20. The number of aryl methyl sites for hydroxylation is 1. The highest BCUT2D eigenvalue weighted by atomic mass is 79.9. The molecule has 0 aliphatic rings. The number of aromatic nitrogens is 4. The van der Waals surface area contributed by atoms with Gasteiger partial charge in [-0.2, -0.15) is 4.98 Å². The summed E-state index contributed by atoms with van der Waals surface area (Å²) in [5.74, 6) is -0.700. The Morgan fingerprint density at radius 1 is 1.21 bits per heavy atom. The zero-order chi connectivity index (χ0) is 19.4. The van der Waals surface area contributed by atoms with Crippen molar-refractivity contribution in [3.8, 4) is 11.4 Å². The molecule has 5 aromatic rings.